The Kier molecular flexibility index (Phi) is 4.86. The summed E-state index contributed by atoms with van der Waals surface area (Å²) in [5.41, 5.74) is 11.3. The van der Waals surface area contributed by atoms with Gasteiger partial charge in [0.2, 0.25) is 0 Å². The molecule has 6 rings (SSSR count). The first-order chi connectivity index (χ1) is 15.8. The summed E-state index contributed by atoms with van der Waals surface area (Å²) in [6.45, 7) is 0. The minimum absolute atomic E-state index is 0.870. The van der Waals surface area contributed by atoms with Crippen LogP contribution in [0.4, 0.5) is 5.69 Å². The van der Waals surface area contributed by atoms with Crippen LogP contribution in [0.5, 0.6) is 0 Å². The fourth-order valence-electron chi connectivity index (χ4n) is 4.34. The van der Waals surface area contributed by atoms with E-state index in [2.05, 4.69) is 103 Å². The molecule has 1 heterocycles. The minimum atomic E-state index is 0.870. The van der Waals surface area contributed by atoms with Gasteiger partial charge in [-0.2, -0.15) is 0 Å². The summed E-state index contributed by atoms with van der Waals surface area (Å²) in [6, 6.07) is 36.8. The van der Waals surface area contributed by atoms with E-state index < -0.39 is 0 Å². The second kappa shape index (κ2) is 8.01. The molecule has 32 heavy (non-hydrogen) atoms. The van der Waals surface area contributed by atoms with Crippen LogP contribution >= 0.6 is 23.1 Å². The lowest BCUT2D eigenvalue weighted by Gasteiger charge is -2.11. The van der Waals surface area contributed by atoms with Gasteiger partial charge >= 0.3 is 0 Å². The third-order valence-corrected chi connectivity index (χ3v) is 8.34. The van der Waals surface area contributed by atoms with Crippen LogP contribution in [0.25, 0.3) is 42.1 Å². The number of hydrogen-bond acceptors (Lipinski definition) is 3. The van der Waals surface area contributed by atoms with E-state index in [9.17, 15) is 0 Å². The molecule has 2 N–H and O–H groups in total. The topological polar surface area (TPSA) is 26.0 Å². The van der Waals surface area contributed by atoms with E-state index in [0.717, 1.165) is 21.7 Å². The smallest absolute Gasteiger partial charge is 0.0532 e. The highest BCUT2D eigenvalue weighted by Gasteiger charge is 2.12. The molecule has 0 unspecified atom stereocenters. The third-order valence-electron chi connectivity index (χ3n) is 5.97. The zero-order valence-corrected chi connectivity index (χ0v) is 19.0. The molecule has 0 radical (unpaired) electrons. The molecule has 5 aromatic carbocycles. The summed E-state index contributed by atoms with van der Waals surface area (Å²) in [4.78, 5) is 1.14. The first-order valence-corrected chi connectivity index (χ1v) is 12.5. The molecule has 0 spiro atoms. The summed E-state index contributed by atoms with van der Waals surface area (Å²) in [6.07, 6.45) is 0. The molecule has 0 saturated heterocycles. The molecule has 0 aliphatic carbocycles. The summed E-state index contributed by atoms with van der Waals surface area (Å²) < 4.78 is 2.68. The molecule has 0 bridgehead atoms. The Bertz CT molecular complexity index is 1580. The second-order valence-corrected chi connectivity index (χ2v) is 10.0. The molecule has 0 fully saturated rings. The molecule has 1 aromatic heterocycles. The van der Waals surface area contributed by atoms with E-state index in [1.54, 1.807) is 11.8 Å². The number of benzene rings is 5. The molecule has 0 aliphatic rings. The van der Waals surface area contributed by atoms with Gasteiger partial charge in [-0.05, 0) is 40.3 Å². The lowest BCUT2D eigenvalue weighted by Crippen LogP contribution is -1.92. The van der Waals surface area contributed by atoms with Gasteiger partial charge in [-0.3, -0.25) is 0 Å². The summed E-state index contributed by atoms with van der Waals surface area (Å²) >= 11 is 3.67. The van der Waals surface area contributed by atoms with Crippen molar-refractivity contribution in [3.63, 3.8) is 0 Å². The van der Waals surface area contributed by atoms with Crippen molar-refractivity contribution in [1.82, 2.24) is 0 Å². The van der Waals surface area contributed by atoms with Crippen LogP contribution in [-0.2, 0) is 5.75 Å². The second-order valence-electron chi connectivity index (χ2n) is 7.97. The highest BCUT2D eigenvalue weighted by molar-refractivity contribution is 7.98. The van der Waals surface area contributed by atoms with Gasteiger partial charge in [0.1, 0.15) is 0 Å². The van der Waals surface area contributed by atoms with Gasteiger partial charge in [0, 0.05) is 36.2 Å². The average molecular weight is 448 g/mol. The Morgan fingerprint density at radius 3 is 2.41 bits per heavy atom. The summed E-state index contributed by atoms with van der Waals surface area (Å²) in [5.74, 6) is 0.919. The van der Waals surface area contributed by atoms with Crippen LogP contribution in [0.2, 0.25) is 0 Å². The number of nitrogens with two attached hydrogens (primary N) is 1. The fourth-order valence-corrected chi connectivity index (χ4v) is 6.52. The molecule has 0 amide bonds. The fraction of sp³-hybridized carbons (Fsp3) is 0.0345. The number of hydrogen-bond donors (Lipinski definition) is 1. The van der Waals surface area contributed by atoms with Gasteiger partial charge in [-0.15, -0.1) is 23.1 Å². The molecule has 154 valence electrons. The zero-order valence-electron chi connectivity index (χ0n) is 17.4. The van der Waals surface area contributed by atoms with Gasteiger partial charge in [-0.1, -0.05) is 84.9 Å². The van der Waals surface area contributed by atoms with Crippen molar-refractivity contribution in [3.8, 4) is 11.1 Å². The minimum Gasteiger partial charge on any atom is -0.397 e. The van der Waals surface area contributed by atoms with Crippen molar-refractivity contribution < 1.29 is 0 Å². The van der Waals surface area contributed by atoms with Crippen molar-refractivity contribution in [3.05, 3.63) is 109 Å². The van der Waals surface area contributed by atoms with Crippen LogP contribution in [0.1, 0.15) is 5.56 Å². The molecule has 6 aromatic rings. The van der Waals surface area contributed by atoms with Gasteiger partial charge in [0.15, 0.2) is 0 Å². The number of nitrogen functional groups attached to an aromatic ring is 1. The highest BCUT2D eigenvalue weighted by atomic mass is 32.2. The Morgan fingerprint density at radius 1 is 0.688 bits per heavy atom. The molecule has 0 atom stereocenters. The van der Waals surface area contributed by atoms with Crippen LogP contribution < -0.4 is 5.73 Å². The lowest BCUT2D eigenvalue weighted by molar-refractivity contribution is 1.39. The van der Waals surface area contributed by atoms with Crippen LogP contribution in [-0.4, -0.2) is 0 Å². The number of thioether (sulfide) groups is 1. The van der Waals surface area contributed by atoms with E-state index in [1.165, 1.54) is 42.2 Å². The quantitative estimate of drug-likeness (QED) is 0.216. The SMILES string of the molecule is Nc1c(SCc2ccccc2)ccc2cc(-c3cccc4c3sc3ccccc34)ccc12. The van der Waals surface area contributed by atoms with Gasteiger partial charge in [0.05, 0.1) is 5.69 Å². The zero-order chi connectivity index (χ0) is 21.5. The van der Waals surface area contributed by atoms with Crippen molar-refractivity contribution in [1.29, 1.82) is 0 Å². The van der Waals surface area contributed by atoms with Crippen molar-refractivity contribution in [2.24, 2.45) is 0 Å². The Hall–Kier alpha value is -3.27. The molecule has 1 nitrogen and oxygen atoms in total. The predicted molar refractivity (Wildman–Crippen MR) is 143 cm³/mol. The standard InChI is InChI=1S/C29H21NS2/c30-28-22-15-13-21(17-20(22)14-16-27(28)31-18-19-7-2-1-3-8-19)23-10-6-11-25-24-9-4-5-12-26(24)32-29(23)25/h1-17H,18,30H2. The largest absolute Gasteiger partial charge is 0.397 e. The van der Waals surface area contributed by atoms with Crippen LogP contribution in [0, 0.1) is 0 Å². The third kappa shape index (κ3) is 3.35. The van der Waals surface area contributed by atoms with Gasteiger partial charge in [-0.25, -0.2) is 0 Å². The molecular weight excluding hydrogens is 426 g/mol. The Balaban J connectivity index is 1.40. The highest BCUT2D eigenvalue weighted by Crippen LogP contribution is 2.41. The van der Waals surface area contributed by atoms with E-state index in [0.29, 0.717) is 0 Å². The van der Waals surface area contributed by atoms with Gasteiger partial charge in [0.25, 0.3) is 0 Å². The normalized spacial score (nSPS) is 11.5. The Labute approximate surface area is 195 Å². The van der Waals surface area contributed by atoms with E-state index in [4.69, 9.17) is 5.73 Å². The number of anilines is 1. The summed E-state index contributed by atoms with van der Waals surface area (Å²) in [7, 11) is 0. The van der Waals surface area contributed by atoms with Gasteiger partial charge < -0.3 is 5.73 Å². The molecular formula is C29H21NS2. The first kappa shape index (κ1) is 19.4. The van der Waals surface area contributed by atoms with E-state index >= 15 is 0 Å². The molecule has 0 saturated carbocycles. The number of fused-ring (bicyclic) bond motifs is 4. The first-order valence-electron chi connectivity index (χ1n) is 10.7. The van der Waals surface area contributed by atoms with Crippen LogP contribution in [0.3, 0.4) is 0 Å². The number of thiophene rings is 1. The average Bonchev–Trinajstić information content (AvgIpc) is 3.23. The maximum absolute atomic E-state index is 6.59. The van der Waals surface area contributed by atoms with Crippen molar-refractivity contribution in [2.75, 3.05) is 5.73 Å². The monoisotopic (exact) mass is 447 g/mol. The molecule has 3 heteroatoms. The molecule has 0 aliphatic heterocycles. The lowest BCUT2D eigenvalue weighted by atomic mass is 9.99. The predicted octanol–water partition coefficient (Wildman–Crippen LogP) is 8.75. The van der Waals surface area contributed by atoms with Crippen LogP contribution in [0.15, 0.2) is 108 Å². The Morgan fingerprint density at radius 2 is 1.50 bits per heavy atom. The maximum atomic E-state index is 6.59. The van der Waals surface area contributed by atoms with Crippen molar-refractivity contribution in [2.45, 2.75) is 10.6 Å². The van der Waals surface area contributed by atoms with E-state index in [-0.39, 0.29) is 0 Å². The van der Waals surface area contributed by atoms with E-state index in [1.807, 2.05) is 11.3 Å². The number of rotatable bonds is 4. The van der Waals surface area contributed by atoms with Crippen molar-refractivity contribution >= 4 is 59.7 Å². The maximum Gasteiger partial charge on any atom is 0.0532 e. The summed E-state index contributed by atoms with van der Waals surface area (Å²) in [5, 5.41) is 4.97.